The quantitative estimate of drug-likeness (QED) is 0.825. The third kappa shape index (κ3) is 2.38. The van der Waals surface area contributed by atoms with Crippen molar-refractivity contribution in [3.8, 4) is 0 Å². The molecule has 5 nitrogen and oxygen atoms in total. The standard InChI is InChI=1S/C10H16N2O3S2/c1-15-5-2-4-12-7-9(11)8-3-6-16-10(8)17(12,13)14/h3,6,9H,2,4-5,7,11H2,1H3. The Labute approximate surface area is 105 Å². The average molecular weight is 276 g/mol. The van der Waals surface area contributed by atoms with Crippen LogP contribution in [-0.4, -0.2) is 39.5 Å². The fourth-order valence-corrected chi connectivity index (χ4v) is 5.06. The molecule has 1 aromatic heterocycles. The number of hydrogen-bond acceptors (Lipinski definition) is 5. The molecule has 0 amide bonds. The molecule has 1 aliphatic heterocycles. The lowest BCUT2D eigenvalue weighted by Gasteiger charge is -2.30. The Bertz CT molecular complexity index is 483. The first kappa shape index (κ1) is 13.0. The molecule has 17 heavy (non-hydrogen) atoms. The number of sulfonamides is 1. The van der Waals surface area contributed by atoms with Crippen LogP contribution in [0.25, 0.3) is 0 Å². The van der Waals surface area contributed by atoms with Crippen molar-refractivity contribution in [3.05, 3.63) is 17.0 Å². The largest absolute Gasteiger partial charge is 0.385 e. The molecule has 0 saturated carbocycles. The first-order valence-electron chi connectivity index (χ1n) is 5.39. The molecule has 0 radical (unpaired) electrons. The monoisotopic (exact) mass is 276 g/mol. The van der Waals surface area contributed by atoms with Gasteiger partial charge in [0, 0.05) is 38.4 Å². The number of rotatable bonds is 4. The fourth-order valence-electron chi connectivity index (χ4n) is 1.92. The van der Waals surface area contributed by atoms with Gasteiger partial charge in [0.1, 0.15) is 4.21 Å². The summed E-state index contributed by atoms with van der Waals surface area (Å²) in [6.07, 6.45) is 0.684. The molecule has 2 heterocycles. The van der Waals surface area contributed by atoms with E-state index in [1.807, 2.05) is 0 Å². The Morgan fingerprint density at radius 1 is 1.65 bits per heavy atom. The number of nitrogens with zero attached hydrogens (tertiary/aromatic N) is 1. The van der Waals surface area contributed by atoms with Gasteiger partial charge in [0.2, 0.25) is 0 Å². The minimum Gasteiger partial charge on any atom is -0.385 e. The van der Waals surface area contributed by atoms with Crippen molar-refractivity contribution < 1.29 is 13.2 Å². The molecular weight excluding hydrogens is 260 g/mol. The molecule has 2 N–H and O–H groups in total. The molecule has 0 spiro atoms. The Hall–Kier alpha value is -0.470. The predicted molar refractivity (Wildman–Crippen MR) is 66.5 cm³/mol. The van der Waals surface area contributed by atoms with Crippen LogP contribution >= 0.6 is 11.3 Å². The number of hydrogen-bond donors (Lipinski definition) is 1. The van der Waals surface area contributed by atoms with E-state index < -0.39 is 10.0 Å². The second-order valence-corrected chi connectivity index (χ2v) is 7.03. The number of thiophene rings is 1. The third-order valence-corrected chi connectivity index (χ3v) is 6.15. The van der Waals surface area contributed by atoms with Gasteiger partial charge in [0.15, 0.2) is 0 Å². The van der Waals surface area contributed by atoms with Crippen LogP contribution < -0.4 is 5.73 Å². The number of fused-ring (bicyclic) bond motifs is 1. The van der Waals surface area contributed by atoms with E-state index in [0.29, 0.717) is 30.3 Å². The van der Waals surface area contributed by atoms with E-state index in [1.165, 1.54) is 15.6 Å². The molecular formula is C10H16N2O3S2. The van der Waals surface area contributed by atoms with Crippen molar-refractivity contribution in [2.75, 3.05) is 26.8 Å². The maximum absolute atomic E-state index is 12.2. The van der Waals surface area contributed by atoms with E-state index in [1.54, 1.807) is 18.6 Å². The first-order valence-corrected chi connectivity index (χ1v) is 7.71. The van der Waals surface area contributed by atoms with Gasteiger partial charge in [0.25, 0.3) is 10.0 Å². The highest BCUT2D eigenvalue weighted by Gasteiger charge is 2.36. The van der Waals surface area contributed by atoms with Gasteiger partial charge in [-0.05, 0) is 17.9 Å². The van der Waals surface area contributed by atoms with Gasteiger partial charge in [0.05, 0.1) is 0 Å². The minimum atomic E-state index is -3.34. The Balaban J connectivity index is 2.22. The molecule has 2 rings (SSSR count). The smallest absolute Gasteiger partial charge is 0.252 e. The van der Waals surface area contributed by atoms with Crippen molar-refractivity contribution in [1.82, 2.24) is 4.31 Å². The Morgan fingerprint density at radius 3 is 3.12 bits per heavy atom. The Kier molecular flexibility index (Phi) is 3.84. The minimum absolute atomic E-state index is 0.220. The van der Waals surface area contributed by atoms with Crippen molar-refractivity contribution in [1.29, 1.82) is 0 Å². The molecule has 1 aromatic rings. The predicted octanol–water partition coefficient (Wildman–Crippen LogP) is 0.789. The molecule has 0 saturated heterocycles. The van der Waals surface area contributed by atoms with E-state index in [-0.39, 0.29) is 6.04 Å². The second-order valence-electron chi connectivity index (χ2n) is 3.98. The zero-order chi connectivity index (χ0) is 12.5. The summed E-state index contributed by atoms with van der Waals surface area (Å²) in [6, 6.07) is 1.58. The lowest BCUT2D eigenvalue weighted by Crippen LogP contribution is -2.42. The maximum atomic E-state index is 12.2. The highest BCUT2D eigenvalue weighted by Crippen LogP contribution is 2.34. The van der Waals surface area contributed by atoms with Gasteiger partial charge in [-0.15, -0.1) is 11.3 Å². The summed E-state index contributed by atoms with van der Waals surface area (Å²) in [5, 5.41) is 1.78. The lowest BCUT2D eigenvalue weighted by molar-refractivity contribution is 0.186. The van der Waals surface area contributed by atoms with Crippen molar-refractivity contribution >= 4 is 21.4 Å². The summed E-state index contributed by atoms with van der Waals surface area (Å²) in [7, 11) is -1.73. The number of ether oxygens (including phenoxy) is 1. The molecule has 0 aliphatic carbocycles. The van der Waals surface area contributed by atoms with Crippen LogP contribution in [0.4, 0.5) is 0 Å². The molecule has 1 unspecified atom stereocenters. The van der Waals surface area contributed by atoms with E-state index in [2.05, 4.69) is 0 Å². The van der Waals surface area contributed by atoms with Gasteiger partial charge < -0.3 is 10.5 Å². The van der Waals surface area contributed by atoms with Crippen LogP contribution in [0.5, 0.6) is 0 Å². The summed E-state index contributed by atoms with van der Waals surface area (Å²) in [4.78, 5) is 0. The number of methoxy groups -OCH3 is 1. The maximum Gasteiger partial charge on any atom is 0.252 e. The zero-order valence-corrected chi connectivity index (χ0v) is 11.3. The van der Waals surface area contributed by atoms with Crippen LogP contribution in [0.3, 0.4) is 0 Å². The molecule has 1 atom stereocenters. The summed E-state index contributed by atoms with van der Waals surface area (Å²) >= 11 is 1.24. The van der Waals surface area contributed by atoms with Gasteiger partial charge >= 0.3 is 0 Å². The van der Waals surface area contributed by atoms with E-state index >= 15 is 0 Å². The molecule has 1 aliphatic rings. The van der Waals surface area contributed by atoms with Crippen LogP contribution in [0, 0.1) is 0 Å². The average Bonchev–Trinajstić information content (AvgIpc) is 2.76. The van der Waals surface area contributed by atoms with Gasteiger partial charge in [-0.3, -0.25) is 0 Å². The van der Waals surface area contributed by atoms with Crippen LogP contribution in [0.15, 0.2) is 15.7 Å². The van der Waals surface area contributed by atoms with Crippen molar-refractivity contribution in [2.45, 2.75) is 16.7 Å². The van der Waals surface area contributed by atoms with Crippen molar-refractivity contribution in [2.24, 2.45) is 5.73 Å². The molecule has 7 heteroatoms. The second kappa shape index (κ2) is 5.03. The number of nitrogens with two attached hydrogens (primary N) is 1. The molecule has 96 valence electrons. The SMILES string of the molecule is COCCCN1CC(N)c2ccsc2S1(=O)=O. The van der Waals surface area contributed by atoms with E-state index in [0.717, 1.165) is 5.56 Å². The topological polar surface area (TPSA) is 72.6 Å². The Morgan fingerprint density at radius 2 is 2.41 bits per heavy atom. The summed E-state index contributed by atoms with van der Waals surface area (Å²) in [5.74, 6) is 0. The normalized spacial score (nSPS) is 23.5. The van der Waals surface area contributed by atoms with Gasteiger partial charge in [-0.1, -0.05) is 0 Å². The van der Waals surface area contributed by atoms with E-state index in [4.69, 9.17) is 10.5 Å². The van der Waals surface area contributed by atoms with E-state index in [9.17, 15) is 8.42 Å². The summed E-state index contributed by atoms with van der Waals surface area (Å²) < 4.78 is 31.3. The zero-order valence-electron chi connectivity index (χ0n) is 9.63. The summed E-state index contributed by atoms with van der Waals surface area (Å²) in [5.41, 5.74) is 6.72. The highest BCUT2D eigenvalue weighted by molar-refractivity contribution is 7.91. The third-order valence-electron chi connectivity index (χ3n) is 2.79. The molecule has 0 bridgehead atoms. The van der Waals surface area contributed by atoms with Crippen LogP contribution in [0.2, 0.25) is 0 Å². The van der Waals surface area contributed by atoms with Gasteiger partial charge in [-0.2, -0.15) is 4.31 Å². The summed E-state index contributed by atoms with van der Waals surface area (Å²) in [6.45, 7) is 1.37. The highest BCUT2D eigenvalue weighted by atomic mass is 32.2. The molecule has 0 fully saturated rings. The fraction of sp³-hybridized carbons (Fsp3) is 0.600. The first-order chi connectivity index (χ1) is 8.07. The van der Waals surface area contributed by atoms with Crippen LogP contribution in [0.1, 0.15) is 18.0 Å². The van der Waals surface area contributed by atoms with Crippen LogP contribution in [-0.2, 0) is 14.8 Å². The lowest BCUT2D eigenvalue weighted by atomic mass is 10.1. The molecule has 0 aromatic carbocycles. The van der Waals surface area contributed by atoms with Crippen molar-refractivity contribution in [3.63, 3.8) is 0 Å². The van der Waals surface area contributed by atoms with Gasteiger partial charge in [-0.25, -0.2) is 8.42 Å².